The Labute approximate surface area is 110 Å². The molecule has 0 atom stereocenters. The molecule has 0 unspecified atom stereocenters. The average Bonchev–Trinajstić information content (AvgIpc) is 2.81. The molecular formula is C14H15NO4. The third kappa shape index (κ3) is 3.07. The topological polar surface area (TPSA) is 71.7 Å². The van der Waals surface area contributed by atoms with Gasteiger partial charge in [-0.15, -0.1) is 0 Å². The number of nitrogens with one attached hydrogen (secondary N) is 1. The van der Waals surface area contributed by atoms with Crippen molar-refractivity contribution in [3.05, 3.63) is 47.4 Å². The zero-order chi connectivity index (χ0) is 13.8. The number of rotatable bonds is 4. The molecule has 0 saturated heterocycles. The van der Waals surface area contributed by atoms with E-state index in [2.05, 4.69) is 5.32 Å². The van der Waals surface area contributed by atoms with Crippen molar-refractivity contribution in [3.63, 3.8) is 0 Å². The van der Waals surface area contributed by atoms with Gasteiger partial charge < -0.3 is 19.6 Å². The number of furan rings is 1. The summed E-state index contributed by atoms with van der Waals surface area (Å²) in [6.07, 6.45) is 0. The zero-order valence-corrected chi connectivity index (χ0v) is 10.8. The Morgan fingerprint density at radius 2 is 2.16 bits per heavy atom. The Bertz CT molecular complexity index is 589. The molecule has 1 heterocycles. The summed E-state index contributed by atoms with van der Waals surface area (Å²) in [5, 5.41) is 12.4. The zero-order valence-electron chi connectivity index (χ0n) is 10.8. The maximum Gasteiger partial charge on any atom is 0.255 e. The monoisotopic (exact) mass is 261 g/mol. The minimum Gasteiger partial charge on any atom is -0.507 e. The molecule has 0 bridgehead atoms. The number of phenols is 1. The van der Waals surface area contributed by atoms with Gasteiger partial charge in [-0.25, -0.2) is 0 Å². The smallest absolute Gasteiger partial charge is 0.255 e. The summed E-state index contributed by atoms with van der Waals surface area (Å²) in [7, 11) is 1.49. The van der Waals surface area contributed by atoms with Gasteiger partial charge in [0.1, 0.15) is 23.0 Å². The highest BCUT2D eigenvalue weighted by Gasteiger charge is 2.12. The van der Waals surface area contributed by atoms with Gasteiger partial charge in [0.25, 0.3) is 5.91 Å². The minimum absolute atomic E-state index is 0.118. The van der Waals surface area contributed by atoms with Crippen LogP contribution in [0, 0.1) is 6.92 Å². The number of hydrogen-bond donors (Lipinski definition) is 2. The number of aromatic hydroxyl groups is 1. The summed E-state index contributed by atoms with van der Waals surface area (Å²) in [6, 6.07) is 8.14. The Morgan fingerprint density at radius 3 is 2.74 bits per heavy atom. The SMILES string of the molecule is COc1ccc(C(=O)NCc2ccc(C)o2)c(O)c1. The van der Waals surface area contributed by atoms with Gasteiger partial charge in [0.2, 0.25) is 0 Å². The van der Waals surface area contributed by atoms with E-state index >= 15 is 0 Å². The third-order valence-corrected chi connectivity index (χ3v) is 2.67. The lowest BCUT2D eigenvalue weighted by molar-refractivity contribution is 0.0945. The molecule has 0 saturated carbocycles. The van der Waals surface area contributed by atoms with Gasteiger partial charge in [-0.1, -0.05) is 0 Å². The van der Waals surface area contributed by atoms with E-state index in [-0.39, 0.29) is 23.8 Å². The van der Waals surface area contributed by atoms with Crippen LogP contribution in [0.4, 0.5) is 0 Å². The minimum atomic E-state index is -0.366. The maximum absolute atomic E-state index is 11.9. The van der Waals surface area contributed by atoms with Gasteiger partial charge >= 0.3 is 0 Å². The molecule has 1 aromatic heterocycles. The number of carbonyl (C=O) groups is 1. The van der Waals surface area contributed by atoms with Crippen LogP contribution in [0.25, 0.3) is 0 Å². The summed E-state index contributed by atoms with van der Waals surface area (Å²) in [5.74, 6) is 1.47. The van der Waals surface area contributed by atoms with Crippen LogP contribution in [-0.4, -0.2) is 18.1 Å². The van der Waals surface area contributed by atoms with Crippen molar-refractivity contribution in [1.29, 1.82) is 0 Å². The Hall–Kier alpha value is -2.43. The molecule has 5 nitrogen and oxygen atoms in total. The molecule has 0 radical (unpaired) electrons. The van der Waals surface area contributed by atoms with Gasteiger partial charge in [0, 0.05) is 6.07 Å². The molecule has 2 aromatic rings. The summed E-state index contributed by atoms with van der Waals surface area (Å²) in [6.45, 7) is 2.11. The molecule has 0 aliphatic carbocycles. The molecule has 1 aromatic carbocycles. The van der Waals surface area contributed by atoms with Crippen LogP contribution in [-0.2, 0) is 6.54 Å². The predicted molar refractivity (Wildman–Crippen MR) is 69.3 cm³/mol. The van der Waals surface area contributed by atoms with Crippen molar-refractivity contribution in [3.8, 4) is 11.5 Å². The largest absolute Gasteiger partial charge is 0.507 e. The van der Waals surface area contributed by atoms with Gasteiger partial charge in [-0.2, -0.15) is 0 Å². The Morgan fingerprint density at radius 1 is 1.37 bits per heavy atom. The molecule has 1 amide bonds. The third-order valence-electron chi connectivity index (χ3n) is 2.67. The number of methoxy groups -OCH3 is 1. The van der Waals surface area contributed by atoms with E-state index in [4.69, 9.17) is 9.15 Å². The van der Waals surface area contributed by atoms with Crippen molar-refractivity contribution in [2.75, 3.05) is 7.11 Å². The van der Waals surface area contributed by atoms with E-state index in [1.165, 1.54) is 19.2 Å². The van der Waals surface area contributed by atoms with Crippen LogP contribution >= 0.6 is 0 Å². The molecule has 100 valence electrons. The van der Waals surface area contributed by atoms with Crippen LogP contribution < -0.4 is 10.1 Å². The number of carbonyl (C=O) groups excluding carboxylic acids is 1. The van der Waals surface area contributed by atoms with E-state index in [0.717, 1.165) is 5.76 Å². The molecule has 19 heavy (non-hydrogen) atoms. The summed E-state index contributed by atoms with van der Waals surface area (Å²) in [5.41, 5.74) is 0.198. The van der Waals surface area contributed by atoms with E-state index in [1.54, 1.807) is 12.1 Å². The summed E-state index contributed by atoms with van der Waals surface area (Å²) >= 11 is 0. The number of ether oxygens (including phenoxy) is 1. The van der Waals surface area contributed by atoms with Crippen LogP contribution in [0.2, 0.25) is 0 Å². The lowest BCUT2D eigenvalue weighted by Gasteiger charge is -2.07. The standard InChI is InChI=1S/C14H15NO4/c1-9-3-4-11(19-9)8-15-14(17)12-6-5-10(18-2)7-13(12)16/h3-7,16H,8H2,1-2H3,(H,15,17). The first kappa shape index (κ1) is 13.0. The molecule has 2 N–H and O–H groups in total. The van der Waals surface area contributed by atoms with Crippen LogP contribution in [0.15, 0.2) is 34.7 Å². The van der Waals surface area contributed by atoms with Crippen molar-refractivity contribution >= 4 is 5.91 Å². The van der Waals surface area contributed by atoms with Gasteiger partial charge in [0.15, 0.2) is 0 Å². The molecule has 0 fully saturated rings. The van der Waals surface area contributed by atoms with Crippen molar-refractivity contribution in [2.45, 2.75) is 13.5 Å². The van der Waals surface area contributed by atoms with E-state index < -0.39 is 0 Å². The van der Waals surface area contributed by atoms with Crippen molar-refractivity contribution < 1.29 is 19.1 Å². The van der Waals surface area contributed by atoms with Crippen LogP contribution in [0.1, 0.15) is 21.9 Å². The fraction of sp³-hybridized carbons (Fsp3) is 0.214. The second kappa shape index (κ2) is 5.48. The van der Waals surface area contributed by atoms with E-state index in [1.807, 2.05) is 13.0 Å². The molecule has 5 heteroatoms. The molecule has 0 aliphatic heterocycles. The highest BCUT2D eigenvalue weighted by molar-refractivity contribution is 5.96. The summed E-state index contributed by atoms with van der Waals surface area (Å²) < 4.78 is 10.3. The predicted octanol–water partition coefficient (Wildman–Crippen LogP) is 2.23. The van der Waals surface area contributed by atoms with E-state index in [0.29, 0.717) is 11.5 Å². The highest BCUT2D eigenvalue weighted by atomic mass is 16.5. The Balaban J connectivity index is 2.03. The lowest BCUT2D eigenvalue weighted by atomic mass is 10.2. The van der Waals surface area contributed by atoms with Gasteiger partial charge in [0.05, 0.1) is 19.2 Å². The Kier molecular flexibility index (Phi) is 3.75. The second-order valence-corrected chi connectivity index (χ2v) is 4.08. The first-order valence-corrected chi connectivity index (χ1v) is 5.80. The first-order chi connectivity index (χ1) is 9.10. The van der Waals surface area contributed by atoms with Crippen LogP contribution in [0.5, 0.6) is 11.5 Å². The normalized spacial score (nSPS) is 10.2. The lowest BCUT2D eigenvalue weighted by Crippen LogP contribution is -2.22. The van der Waals surface area contributed by atoms with Crippen molar-refractivity contribution in [2.24, 2.45) is 0 Å². The maximum atomic E-state index is 11.9. The molecule has 2 rings (SSSR count). The van der Waals surface area contributed by atoms with Gasteiger partial charge in [-0.3, -0.25) is 4.79 Å². The quantitative estimate of drug-likeness (QED) is 0.885. The second-order valence-electron chi connectivity index (χ2n) is 4.08. The van der Waals surface area contributed by atoms with Crippen LogP contribution in [0.3, 0.4) is 0 Å². The molecule has 0 aliphatic rings. The highest BCUT2D eigenvalue weighted by Crippen LogP contribution is 2.23. The molecular weight excluding hydrogens is 246 g/mol. The van der Waals surface area contributed by atoms with Crippen molar-refractivity contribution in [1.82, 2.24) is 5.32 Å². The number of phenolic OH excluding ortho intramolecular Hbond substituents is 1. The summed E-state index contributed by atoms with van der Waals surface area (Å²) in [4.78, 5) is 11.9. The first-order valence-electron chi connectivity index (χ1n) is 5.80. The fourth-order valence-corrected chi connectivity index (χ4v) is 1.67. The van der Waals surface area contributed by atoms with Gasteiger partial charge in [-0.05, 0) is 31.2 Å². The van der Waals surface area contributed by atoms with E-state index in [9.17, 15) is 9.90 Å². The fourth-order valence-electron chi connectivity index (χ4n) is 1.67. The number of aryl methyl sites for hydroxylation is 1. The number of benzene rings is 1. The molecule has 0 spiro atoms. The average molecular weight is 261 g/mol. The number of amides is 1. The number of hydrogen-bond acceptors (Lipinski definition) is 4.